The van der Waals surface area contributed by atoms with Crippen LogP contribution in [0.2, 0.25) is 0 Å². The lowest BCUT2D eigenvalue weighted by molar-refractivity contribution is 0.954. The van der Waals surface area contributed by atoms with Gasteiger partial charge in [-0.05, 0) is 55.7 Å². The zero-order valence-electron chi connectivity index (χ0n) is 13.6. The molecular formula is C18H21N5. The Morgan fingerprint density at radius 2 is 1.91 bits per heavy atom. The smallest absolute Gasteiger partial charge is 0.193 e. The van der Waals surface area contributed by atoms with Gasteiger partial charge in [0.15, 0.2) is 5.96 Å². The number of nitrogens with two attached hydrogens (primary N) is 1. The Morgan fingerprint density at radius 3 is 2.61 bits per heavy atom. The first-order valence-electron chi connectivity index (χ1n) is 7.61. The number of rotatable bonds is 3. The zero-order valence-corrected chi connectivity index (χ0v) is 13.6. The molecule has 0 aliphatic heterocycles. The van der Waals surface area contributed by atoms with Crippen LogP contribution in [0.4, 0.5) is 5.69 Å². The lowest BCUT2D eigenvalue weighted by atomic mass is 10.1. The highest BCUT2D eigenvalue weighted by molar-refractivity contribution is 5.92. The molecule has 1 heterocycles. The number of aliphatic imine (C=N–C) groups is 1. The number of para-hydroxylation sites is 1. The minimum absolute atomic E-state index is 0.382. The maximum atomic E-state index is 5.98. The summed E-state index contributed by atoms with van der Waals surface area (Å²) in [6.07, 6.45) is 0. The summed E-state index contributed by atoms with van der Waals surface area (Å²) in [7, 11) is 0. The Hall–Kier alpha value is -2.82. The Morgan fingerprint density at radius 1 is 1.17 bits per heavy atom. The molecule has 5 heteroatoms. The van der Waals surface area contributed by atoms with Gasteiger partial charge in [-0.15, -0.1) is 0 Å². The number of nitrogens with one attached hydrogen (secondary N) is 2. The van der Waals surface area contributed by atoms with Crippen molar-refractivity contribution in [3.05, 3.63) is 58.9 Å². The normalized spacial score (nSPS) is 11.9. The van der Waals surface area contributed by atoms with Crippen molar-refractivity contribution in [1.82, 2.24) is 9.97 Å². The summed E-state index contributed by atoms with van der Waals surface area (Å²) in [6, 6.07) is 12.3. The van der Waals surface area contributed by atoms with Crippen molar-refractivity contribution < 1.29 is 0 Å². The summed E-state index contributed by atoms with van der Waals surface area (Å²) in [6.45, 7) is 6.58. The quantitative estimate of drug-likeness (QED) is 0.512. The molecule has 0 fully saturated rings. The largest absolute Gasteiger partial charge is 0.370 e. The highest BCUT2D eigenvalue weighted by atomic mass is 15.1. The van der Waals surface area contributed by atoms with Crippen LogP contribution in [0, 0.1) is 20.8 Å². The predicted molar refractivity (Wildman–Crippen MR) is 95.7 cm³/mol. The van der Waals surface area contributed by atoms with Crippen LogP contribution in [-0.2, 0) is 6.54 Å². The Labute approximate surface area is 135 Å². The van der Waals surface area contributed by atoms with E-state index in [4.69, 9.17) is 5.73 Å². The van der Waals surface area contributed by atoms with Crippen molar-refractivity contribution in [2.75, 3.05) is 5.32 Å². The molecule has 0 atom stereocenters. The van der Waals surface area contributed by atoms with E-state index in [-0.39, 0.29) is 0 Å². The third kappa shape index (κ3) is 3.51. The Bertz CT molecular complexity index is 856. The molecule has 0 unspecified atom stereocenters. The van der Waals surface area contributed by atoms with Gasteiger partial charge in [-0.2, -0.15) is 0 Å². The van der Waals surface area contributed by atoms with Crippen molar-refractivity contribution in [3.8, 4) is 0 Å². The number of aryl methyl sites for hydroxylation is 3. The fourth-order valence-corrected chi connectivity index (χ4v) is 2.70. The molecule has 0 amide bonds. The standard InChI is InChI=1S/C18H21N5/c1-11-7-12(2)9-14(8-11)21-18(19)20-10-16-22-15-6-4-5-13(3)17(15)23-16/h4-9H,10H2,1-3H3,(H,22,23)(H3,19,20,21). The van der Waals surface area contributed by atoms with Crippen molar-refractivity contribution in [2.45, 2.75) is 27.3 Å². The molecule has 0 saturated carbocycles. The van der Waals surface area contributed by atoms with Gasteiger partial charge < -0.3 is 16.0 Å². The molecule has 23 heavy (non-hydrogen) atoms. The highest BCUT2D eigenvalue weighted by Crippen LogP contribution is 2.16. The summed E-state index contributed by atoms with van der Waals surface area (Å²) < 4.78 is 0. The van der Waals surface area contributed by atoms with Crippen molar-refractivity contribution in [3.63, 3.8) is 0 Å². The minimum Gasteiger partial charge on any atom is -0.370 e. The molecule has 4 N–H and O–H groups in total. The number of H-pyrrole nitrogens is 1. The van der Waals surface area contributed by atoms with Gasteiger partial charge in [0.25, 0.3) is 0 Å². The third-order valence-corrected chi connectivity index (χ3v) is 3.66. The maximum Gasteiger partial charge on any atom is 0.193 e. The van der Waals surface area contributed by atoms with Crippen molar-refractivity contribution in [1.29, 1.82) is 0 Å². The first-order valence-corrected chi connectivity index (χ1v) is 7.61. The van der Waals surface area contributed by atoms with E-state index in [2.05, 4.69) is 40.2 Å². The lowest BCUT2D eigenvalue weighted by Crippen LogP contribution is -2.22. The van der Waals surface area contributed by atoms with Gasteiger partial charge in [-0.25, -0.2) is 9.98 Å². The van der Waals surface area contributed by atoms with Gasteiger partial charge >= 0.3 is 0 Å². The van der Waals surface area contributed by atoms with Crippen LogP contribution in [0.3, 0.4) is 0 Å². The second-order valence-corrected chi connectivity index (χ2v) is 5.86. The Kier molecular flexibility index (Phi) is 4.02. The topological polar surface area (TPSA) is 79.1 Å². The van der Waals surface area contributed by atoms with E-state index in [0.29, 0.717) is 12.5 Å². The number of aromatic nitrogens is 2. The van der Waals surface area contributed by atoms with Crippen LogP contribution in [0.25, 0.3) is 11.0 Å². The van der Waals surface area contributed by atoms with Crippen LogP contribution in [0.5, 0.6) is 0 Å². The van der Waals surface area contributed by atoms with Gasteiger partial charge in [0.05, 0.1) is 11.0 Å². The molecule has 0 aliphatic rings. The summed E-state index contributed by atoms with van der Waals surface area (Å²) in [5.41, 5.74) is 12.5. The molecule has 2 aromatic carbocycles. The van der Waals surface area contributed by atoms with E-state index >= 15 is 0 Å². The molecule has 0 spiro atoms. The summed E-state index contributed by atoms with van der Waals surface area (Å²) in [5.74, 6) is 1.19. The van der Waals surface area contributed by atoms with E-state index in [0.717, 1.165) is 28.1 Å². The fraction of sp³-hybridized carbons (Fsp3) is 0.222. The van der Waals surface area contributed by atoms with E-state index in [9.17, 15) is 0 Å². The first-order chi connectivity index (χ1) is 11.0. The van der Waals surface area contributed by atoms with Crippen molar-refractivity contribution in [2.24, 2.45) is 10.7 Å². The minimum atomic E-state index is 0.382. The first kappa shape index (κ1) is 15.1. The van der Waals surface area contributed by atoms with Crippen LogP contribution in [0.15, 0.2) is 41.4 Å². The summed E-state index contributed by atoms with van der Waals surface area (Å²) in [4.78, 5) is 12.2. The monoisotopic (exact) mass is 307 g/mol. The molecule has 3 rings (SSSR count). The van der Waals surface area contributed by atoms with Crippen LogP contribution in [0.1, 0.15) is 22.5 Å². The van der Waals surface area contributed by atoms with Crippen LogP contribution in [-0.4, -0.2) is 15.9 Å². The predicted octanol–water partition coefficient (Wildman–Crippen LogP) is 3.41. The number of fused-ring (bicyclic) bond motifs is 1. The average Bonchev–Trinajstić information content (AvgIpc) is 2.88. The molecule has 0 radical (unpaired) electrons. The third-order valence-electron chi connectivity index (χ3n) is 3.66. The summed E-state index contributed by atoms with van der Waals surface area (Å²) in [5, 5.41) is 3.13. The van der Waals surface area contributed by atoms with Gasteiger partial charge in [0, 0.05) is 5.69 Å². The van der Waals surface area contributed by atoms with Crippen LogP contribution >= 0.6 is 0 Å². The van der Waals surface area contributed by atoms with Crippen LogP contribution < -0.4 is 11.1 Å². The lowest BCUT2D eigenvalue weighted by Gasteiger charge is -2.07. The molecule has 0 saturated heterocycles. The van der Waals surface area contributed by atoms with E-state index in [1.165, 1.54) is 11.1 Å². The molecule has 1 aromatic heterocycles. The molecule has 0 bridgehead atoms. The number of imidazole rings is 1. The number of aromatic amines is 1. The molecule has 118 valence electrons. The SMILES string of the molecule is Cc1cc(C)cc(NC(N)=NCc2nc3c(C)cccc3[nH]2)c1. The van der Waals surface area contributed by atoms with E-state index in [1.807, 2.05) is 37.3 Å². The fourth-order valence-electron chi connectivity index (χ4n) is 2.70. The van der Waals surface area contributed by atoms with Gasteiger partial charge in [-0.3, -0.25) is 0 Å². The van der Waals surface area contributed by atoms with Gasteiger partial charge in [-0.1, -0.05) is 18.2 Å². The maximum absolute atomic E-state index is 5.98. The average molecular weight is 307 g/mol. The second-order valence-electron chi connectivity index (χ2n) is 5.86. The number of guanidine groups is 1. The number of anilines is 1. The van der Waals surface area contributed by atoms with E-state index in [1.54, 1.807) is 0 Å². The molecule has 5 nitrogen and oxygen atoms in total. The number of hydrogen-bond acceptors (Lipinski definition) is 2. The Balaban J connectivity index is 1.74. The summed E-state index contributed by atoms with van der Waals surface area (Å²) >= 11 is 0. The number of hydrogen-bond donors (Lipinski definition) is 3. The number of benzene rings is 2. The molecule has 3 aromatic rings. The molecule has 0 aliphatic carbocycles. The van der Waals surface area contributed by atoms with Gasteiger partial charge in [0.1, 0.15) is 12.4 Å². The molecular weight excluding hydrogens is 286 g/mol. The number of nitrogens with zero attached hydrogens (tertiary/aromatic N) is 2. The zero-order chi connectivity index (χ0) is 16.4. The van der Waals surface area contributed by atoms with E-state index < -0.39 is 0 Å². The van der Waals surface area contributed by atoms with Crippen molar-refractivity contribution >= 4 is 22.7 Å². The highest BCUT2D eigenvalue weighted by Gasteiger charge is 2.04. The van der Waals surface area contributed by atoms with Gasteiger partial charge in [0.2, 0.25) is 0 Å². The second kappa shape index (κ2) is 6.12.